The number of allylic oxidation sites excluding steroid dienone is 1. The number of carbonyl (C=O) groups excluding carboxylic acids is 6. The molecule has 18 nitrogen and oxygen atoms in total. The van der Waals surface area contributed by atoms with Gasteiger partial charge in [0.05, 0.1) is 22.8 Å². The molecule has 0 radical (unpaired) electrons. The number of aromatic nitrogens is 2. The third kappa shape index (κ3) is 12.3. The topological polar surface area (TPSA) is 231 Å². The highest BCUT2D eigenvalue weighted by Crippen LogP contribution is 2.33. The zero-order valence-electron chi connectivity index (χ0n) is 33.3. The molecule has 8 atom stereocenters. The van der Waals surface area contributed by atoms with Gasteiger partial charge in [0.2, 0.25) is 0 Å². The van der Waals surface area contributed by atoms with Crippen molar-refractivity contribution in [1.82, 2.24) is 9.55 Å². The van der Waals surface area contributed by atoms with E-state index in [1.807, 2.05) is 0 Å². The monoisotopic (exact) mass is 834 g/mol. The van der Waals surface area contributed by atoms with Gasteiger partial charge < -0.3 is 37.9 Å². The SMILES string of the molecule is CC(=O)OC[C@H]1O[C@H](CCC/C=C/c2cn([C@H]3C[C@H](OC(=O)c4ccccc4)[C@@H](COC(=O)c4ccccc4)O3)c(=O)[nH]c2=O)[C@H](OC(C)=O)[C@@H](OC(C)=O)[C@@H]1OC(C)=O. The van der Waals surface area contributed by atoms with Crippen LogP contribution >= 0.6 is 0 Å². The molecule has 1 N–H and O–H groups in total. The maximum atomic E-state index is 13.1. The number of hydrogen-bond donors (Lipinski definition) is 1. The van der Waals surface area contributed by atoms with Gasteiger partial charge in [-0.2, -0.15) is 0 Å². The second-order valence-corrected chi connectivity index (χ2v) is 14.0. The third-order valence-corrected chi connectivity index (χ3v) is 9.39. The van der Waals surface area contributed by atoms with Crippen LogP contribution in [-0.4, -0.2) is 101 Å². The van der Waals surface area contributed by atoms with Crippen LogP contribution in [0.25, 0.3) is 6.08 Å². The van der Waals surface area contributed by atoms with Gasteiger partial charge in [-0.25, -0.2) is 14.4 Å². The molecule has 2 fully saturated rings. The average Bonchev–Trinajstić information content (AvgIpc) is 3.60. The molecule has 2 aliphatic rings. The Morgan fingerprint density at radius 2 is 1.25 bits per heavy atom. The first-order chi connectivity index (χ1) is 28.7. The average molecular weight is 835 g/mol. The van der Waals surface area contributed by atoms with Gasteiger partial charge in [0.1, 0.15) is 37.8 Å². The van der Waals surface area contributed by atoms with E-state index in [2.05, 4.69) is 4.98 Å². The quantitative estimate of drug-likeness (QED) is 0.124. The molecule has 0 spiro atoms. The maximum absolute atomic E-state index is 13.1. The van der Waals surface area contributed by atoms with Crippen molar-refractivity contribution in [3.8, 4) is 0 Å². The van der Waals surface area contributed by atoms with Gasteiger partial charge in [-0.15, -0.1) is 0 Å². The van der Waals surface area contributed by atoms with Crippen LogP contribution in [-0.2, 0) is 57.1 Å². The Hall–Kier alpha value is -6.40. The lowest BCUT2D eigenvalue weighted by Gasteiger charge is -2.44. The fourth-order valence-corrected chi connectivity index (χ4v) is 6.77. The van der Waals surface area contributed by atoms with E-state index < -0.39 is 96.0 Å². The zero-order valence-corrected chi connectivity index (χ0v) is 33.3. The summed E-state index contributed by atoms with van der Waals surface area (Å²) in [4.78, 5) is 102. The molecule has 0 bridgehead atoms. The smallest absolute Gasteiger partial charge is 0.338 e. The van der Waals surface area contributed by atoms with Gasteiger partial charge in [0, 0.05) is 40.3 Å². The van der Waals surface area contributed by atoms with Crippen molar-refractivity contribution < 1.29 is 66.7 Å². The number of benzene rings is 2. The molecule has 3 aromatic rings. The summed E-state index contributed by atoms with van der Waals surface area (Å²) in [6, 6.07) is 16.5. The van der Waals surface area contributed by atoms with Crippen LogP contribution in [0.4, 0.5) is 0 Å². The highest BCUT2D eigenvalue weighted by atomic mass is 16.7. The minimum atomic E-state index is -1.29. The molecule has 60 heavy (non-hydrogen) atoms. The first-order valence-corrected chi connectivity index (χ1v) is 19.2. The first-order valence-electron chi connectivity index (χ1n) is 19.2. The van der Waals surface area contributed by atoms with E-state index >= 15 is 0 Å². The van der Waals surface area contributed by atoms with E-state index in [0.29, 0.717) is 18.4 Å². The van der Waals surface area contributed by atoms with Gasteiger partial charge in [0.15, 0.2) is 18.3 Å². The minimum absolute atomic E-state index is 0.0166. The van der Waals surface area contributed by atoms with Crippen LogP contribution in [0, 0.1) is 0 Å². The number of rotatable bonds is 16. The number of H-pyrrole nitrogens is 1. The molecule has 0 unspecified atom stereocenters. The fraction of sp³-hybridized carbons (Fsp3) is 0.429. The summed E-state index contributed by atoms with van der Waals surface area (Å²) in [5.74, 6) is -4.11. The Morgan fingerprint density at radius 1 is 0.683 bits per heavy atom. The lowest BCUT2D eigenvalue weighted by molar-refractivity contribution is -0.253. The standard InChI is InChI=1S/C42H46N2O16/c1-24(45)53-23-34-37(56-26(3)47)38(57-27(4)48)36(55-25(2)46)31(58-34)19-13-7-12-18-30-21-44(42(52)43-39(30)49)35-20-32(60-41(51)29-16-10-6-11-17-29)33(59-35)22-54-40(50)28-14-8-5-9-15-28/h5-6,8-12,14-18,21,31-38H,7,13,19-20,22-23H2,1-4H3,(H,43,49,52)/b18-12+/t31-,32+,33-,34-,35-,36+,37-,38-/m1/s1. The first kappa shape index (κ1) is 44.7. The largest absolute Gasteiger partial charge is 0.463 e. The van der Waals surface area contributed by atoms with Crippen molar-refractivity contribution in [3.05, 3.63) is 110 Å². The van der Waals surface area contributed by atoms with Crippen LogP contribution in [0.3, 0.4) is 0 Å². The molecular weight excluding hydrogens is 788 g/mol. The number of aromatic amines is 1. The van der Waals surface area contributed by atoms with Gasteiger partial charge in [-0.1, -0.05) is 48.6 Å². The van der Waals surface area contributed by atoms with E-state index in [-0.39, 0.29) is 37.2 Å². The Balaban J connectivity index is 1.30. The molecule has 18 heteroatoms. The van der Waals surface area contributed by atoms with Gasteiger partial charge in [-0.3, -0.25) is 33.5 Å². The number of ether oxygens (including phenoxy) is 8. The van der Waals surface area contributed by atoms with Gasteiger partial charge in [0.25, 0.3) is 5.56 Å². The van der Waals surface area contributed by atoms with Gasteiger partial charge >= 0.3 is 41.5 Å². The highest BCUT2D eigenvalue weighted by molar-refractivity contribution is 5.90. The lowest BCUT2D eigenvalue weighted by Crippen LogP contribution is -2.62. The molecule has 3 heterocycles. The van der Waals surface area contributed by atoms with Crippen LogP contribution in [0.15, 0.2) is 82.5 Å². The number of carbonyl (C=O) groups is 6. The molecule has 0 amide bonds. The Labute approximate surface area is 343 Å². The van der Waals surface area contributed by atoms with Crippen molar-refractivity contribution in [1.29, 1.82) is 0 Å². The Morgan fingerprint density at radius 3 is 1.85 bits per heavy atom. The summed E-state index contributed by atoms with van der Waals surface area (Å²) in [7, 11) is 0. The van der Waals surface area contributed by atoms with E-state index in [0.717, 1.165) is 25.3 Å². The van der Waals surface area contributed by atoms with E-state index in [9.17, 15) is 38.4 Å². The Bertz CT molecular complexity index is 2150. The van der Waals surface area contributed by atoms with Crippen molar-refractivity contribution in [2.45, 2.75) is 102 Å². The molecule has 0 aliphatic carbocycles. The van der Waals surface area contributed by atoms with Crippen molar-refractivity contribution in [3.63, 3.8) is 0 Å². The summed E-state index contributed by atoms with van der Waals surface area (Å²) in [5.41, 5.74) is -0.811. The molecule has 0 saturated carbocycles. The molecule has 2 aromatic carbocycles. The fourth-order valence-electron chi connectivity index (χ4n) is 6.77. The zero-order chi connectivity index (χ0) is 43.3. The predicted octanol–water partition coefficient (Wildman–Crippen LogP) is 3.22. The van der Waals surface area contributed by atoms with Crippen molar-refractivity contribution in [2.75, 3.05) is 13.2 Å². The van der Waals surface area contributed by atoms with Crippen LogP contribution in [0.2, 0.25) is 0 Å². The molecule has 320 valence electrons. The summed E-state index contributed by atoms with van der Waals surface area (Å²) >= 11 is 0. The van der Waals surface area contributed by atoms with Gasteiger partial charge in [-0.05, 0) is 43.5 Å². The lowest BCUT2D eigenvalue weighted by atomic mass is 9.91. The number of unbranched alkanes of at least 4 members (excludes halogenated alkanes) is 1. The van der Waals surface area contributed by atoms with E-state index in [1.165, 1.54) is 19.2 Å². The summed E-state index contributed by atoms with van der Waals surface area (Å²) in [6.45, 7) is 3.95. The molecule has 1 aromatic heterocycles. The summed E-state index contributed by atoms with van der Waals surface area (Å²) < 4.78 is 46.3. The number of esters is 6. The molecular formula is C42H46N2O16. The number of nitrogens with zero attached hydrogens (tertiary/aromatic N) is 1. The normalized spacial score (nSPS) is 23.6. The minimum Gasteiger partial charge on any atom is -0.463 e. The Kier molecular flexibility index (Phi) is 15.7. The molecule has 5 rings (SSSR count). The second-order valence-electron chi connectivity index (χ2n) is 14.0. The summed E-state index contributed by atoms with van der Waals surface area (Å²) in [6.07, 6.45) is -3.36. The number of nitrogens with one attached hydrogen (secondary N) is 1. The maximum Gasteiger partial charge on any atom is 0.338 e. The molecule has 2 saturated heterocycles. The van der Waals surface area contributed by atoms with Crippen LogP contribution in [0.5, 0.6) is 0 Å². The second kappa shape index (κ2) is 21.0. The van der Waals surface area contributed by atoms with Crippen molar-refractivity contribution in [2.24, 2.45) is 0 Å². The number of hydrogen-bond acceptors (Lipinski definition) is 16. The molecule has 2 aliphatic heterocycles. The third-order valence-electron chi connectivity index (χ3n) is 9.39. The van der Waals surface area contributed by atoms with E-state index in [1.54, 1.807) is 66.7 Å². The summed E-state index contributed by atoms with van der Waals surface area (Å²) in [5, 5.41) is 0. The van der Waals surface area contributed by atoms with Crippen LogP contribution < -0.4 is 11.2 Å². The van der Waals surface area contributed by atoms with Crippen molar-refractivity contribution >= 4 is 41.9 Å². The highest BCUT2D eigenvalue weighted by Gasteiger charge is 2.51. The van der Waals surface area contributed by atoms with Crippen LogP contribution in [0.1, 0.15) is 85.9 Å². The predicted molar refractivity (Wildman–Crippen MR) is 207 cm³/mol. The van der Waals surface area contributed by atoms with E-state index in [4.69, 9.17) is 37.9 Å².